The van der Waals surface area contributed by atoms with Crippen LogP contribution in [0.25, 0.3) is 0 Å². The number of fused-ring (bicyclic) bond motifs is 1. The highest BCUT2D eigenvalue weighted by Crippen LogP contribution is 2.28. The summed E-state index contributed by atoms with van der Waals surface area (Å²) in [5.41, 5.74) is 2.83. The number of hydrogen-bond acceptors (Lipinski definition) is 4. The molecule has 4 rings (SSSR count). The van der Waals surface area contributed by atoms with Crippen LogP contribution >= 0.6 is 11.3 Å². The van der Waals surface area contributed by atoms with E-state index >= 15 is 0 Å². The standard InChI is InChI=1S/C19H24N2OS/c22-19-9-18-12-20(10-16-6-7-23-14-16)17(11-21(18)13-19)8-15-4-2-1-3-5-15/h1-7,14,17-19,22H,8-13H2/t17-,18-,19+/m0/s1. The molecule has 23 heavy (non-hydrogen) atoms. The number of piperazine rings is 1. The molecule has 2 aromatic rings. The van der Waals surface area contributed by atoms with Crippen molar-refractivity contribution in [2.24, 2.45) is 0 Å². The van der Waals surface area contributed by atoms with E-state index in [1.165, 1.54) is 11.1 Å². The number of hydrogen-bond donors (Lipinski definition) is 1. The maximum absolute atomic E-state index is 10.0. The molecule has 2 saturated heterocycles. The molecule has 4 heteroatoms. The fourth-order valence-electron chi connectivity index (χ4n) is 4.07. The third kappa shape index (κ3) is 3.50. The summed E-state index contributed by atoms with van der Waals surface area (Å²) in [6, 6.07) is 14.1. The minimum absolute atomic E-state index is 0.140. The van der Waals surface area contributed by atoms with Crippen molar-refractivity contribution in [3.05, 3.63) is 58.3 Å². The Kier molecular flexibility index (Phi) is 4.49. The monoisotopic (exact) mass is 328 g/mol. The van der Waals surface area contributed by atoms with Gasteiger partial charge in [0.2, 0.25) is 0 Å². The van der Waals surface area contributed by atoms with E-state index in [2.05, 4.69) is 57.0 Å². The van der Waals surface area contributed by atoms with E-state index in [0.717, 1.165) is 39.0 Å². The number of benzene rings is 1. The molecular weight excluding hydrogens is 304 g/mol. The molecular formula is C19H24N2OS. The van der Waals surface area contributed by atoms with Gasteiger partial charge < -0.3 is 5.11 Å². The number of aliphatic hydroxyl groups is 1. The zero-order valence-corrected chi connectivity index (χ0v) is 14.2. The molecule has 2 aliphatic heterocycles. The molecule has 1 aromatic carbocycles. The lowest BCUT2D eigenvalue weighted by Crippen LogP contribution is -2.56. The van der Waals surface area contributed by atoms with Gasteiger partial charge in [0, 0.05) is 38.3 Å². The Bertz CT molecular complexity index is 616. The summed E-state index contributed by atoms with van der Waals surface area (Å²) >= 11 is 1.78. The van der Waals surface area contributed by atoms with Crippen molar-refractivity contribution in [1.82, 2.24) is 9.80 Å². The highest BCUT2D eigenvalue weighted by molar-refractivity contribution is 7.07. The van der Waals surface area contributed by atoms with Gasteiger partial charge in [0.05, 0.1) is 6.10 Å². The molecule has 1 aromatic heterocycles. The molecule has 3 atom stereocenters. The number of aliphatic hydroxyl groups excluding tert-OH is 1. The minimum atomic E-state index is -0.140. The van der Waals surface area contributed by atoms with Gasteiger partial charge in [-0.1, -0.05) is 30.3 Å². The molecule has 3 nitrogen and oxygen atoms in total. The summed E-state index contributed by atoms with van der Waals surface area (Å²) < 4.78 is 0. The smallest absolute Gasteiger partial charge is 0.0682 e. The summed E-state index contributed by atoms with van der Waals surface area (Å²) in [7, 11) is 0. The molecule has 0 aliphatic carbocycles. The van der Waals surface area contributed by atoms with Gasteiger partial charge in [-0.2, -0.15) is 11.3 Å². The van der Waals surface area contributed by atoms with Gasteiger partial charge in [0.15, 0.2) is 0 Å². The highest BCUT2D eigenvalue weighted by atomic mass is 32.1. The second-order valence-electron chi connectivity index (χ2n) is 6.90. The molecule has 0 spiro atoms. The molecule has 0 bridgehead atoms. The summed E-state index contributed by atoms with van der Waals surface area (Å²) in [4.78, 5) is 5.14. The second-order valence-corrected chi connectivity index (χ2v) is 7.68. The Balaban J connectivity index is 1.52. The van der Waals surface area contributed by atoms with Crippen LogP contribution in [0, 0.1) is 0 Å². The Morgan fingerprint density at radius 3 is 2.70 bits per heavy atom. The Hall–Kier alpha value is -1.20. The summed E-state index contributed by atoms with van der Waals surface area (Å²) in [5.74, 6) is 0. The van der Waals surface area contributed by atoms with Crippen molar-refractivity contribution < 1.29 is 5.11 Å². The minimum Gasteiger partial charge on any atom is -0.392 e. The predicted molar refractivity (Wildman–Crippen MR) is 94.6 cm³/mol. The number of rotatable bonds is 4. The predicted octanol–water partition coefficient (Wildman–Crippen LogP) is 2.61. The van der Waals surface area contributed by atoms with E-state index in [0.29, 0.717) is 12.1 Å². The third-order valence-electron chi connectivity index (χ3n) is 5.19. The largest absolute Gasteiger partial charge is 0.392 e. The molecule has 0 saturated carbocycles. The normalized spacial score (nSPS) is 28.8. The first kappa shape index (κ1) is 15.3. The lowest BCUT2D eigenvalue weighted by Gasteiger charge is -2.43. The van der Waals surface area contributed by atoms with Crippen LogP contribution in [0.15, 0.2) is 47.2 Å². The topological polar surface area (TPSA) is 26.7 Å². The Morgan fingerprint density at radius 2 is 1.91 bits per heavy atom. The zero-order chi connectivity index (χ0) is 15.6. The lowest BCUT2D eigenvalue weighted by atomic mass is 9.99. The van der Waals surface area contributed by atoms with Crippen molar-refractivity contribution in [1.29, 1.82) is 0 Å². The van der Waals surface area contributed by atoms with E-state index in [4.69, 9.17) is 0 Å². The summed E-state index contributed by atoms with van der Waals surface area (Å²) in [6.45, 7) is 4.02. The van der Waals surface area contributed by atoms with Crippen molar-refractivity contribution in [3.8, 4) is 0 Å². The van der Waals surface area contributed by atoms with Crippen molar-refractivity contribution in [2.75, 3.05) is 19.6 Å². The van der Waals surface area contributed by atoms with Crippen LogP contribution in [0.3, 0.4) is 0 Å². The molecule has 1 N–H and O–H groups in total. The molecule has 122 valence electrons. The Morgan fingerprint density at radius 1 is 1.04 bits per heavy atom. The van der Waals surface area contributed by atoms with E-state index in [-0.39, 0.29) is 6.10 Å². The van der Waals surface area contributed by atoms with Gasteiger partial charge in [-0.15, -0.1) is 0 Å². The quantitative estimate of drug-likeness (QED) is 0.935. The van der Waals surface area contributed by atoms with Crippen LogP contribution in [0.1, 0.15) is 17.5 Å². The van der Waals surface area contributed by atoms with Crippen molar-refractivity contribution in [2.45, 2.75) is 37.6 Å². The molecule has 3 heterocycles. The Labute approximate surface area is 142 Å². The van der Waals surface area contributed by atoms with Gasteiger partial charge in [0.1, 0.15) is 0 Å². The first-order chi connectivity index (χ1) is 11.3. The van der Waals surface area contributed by atoms with E-state index in [1.54, 1.807) is 11.3 Å². The zero-order valence-electron chi connectivity index (χ0n) is 13.3. The molecule has 0 amide bonds. The van der Waals surface area contributed by atoms with Crippen LogP contribution in [-0.4, -0.2) is 52.7 Å². The maximum atomic E-state index is 10.0. The molecule has 0 radical (unpaired) electrons. The number of thiophene rings is 1. The van der Waals surface area contributed by atoms with Crippen LogP contribution in [-0.2, 0) is 13.0 Å². The van der Waals surface area contributed by atoms with E-state index < -0.39 is 0 Å². The van der Waals surface area contributed by atoms with Crippen molar-refractivity contribution >= 4 is 11.3 Å². The van der Waals surface area contributed by atoms with Gasteiger partial charge in [-0.25, -0.2) is 0 Å². The first-order valence-electron chi connectivity index (χ1n) is 8.49. The average molecular weight is 328 g/mol. The third-order valence-corrected chi connectivity index (χ3v) is 5.92. The second kappa shape index (κ2) is 6.73. The van der Waals surface area contributed by atoms with Gasteiger partial charge in [0.25, 0.3) is 0 Å². The maximum Gasteiger partial charge on any atom is 0.0682 e. The first-order valence-corrected chi connectivity index (χ1v) is 9.43. The van der Waals surface area contributed by atoms with E-state index in [1.807, 2.05) is 0 Å². The average Bonchev–Trinajstić information content (AvgIpc) is 3.17. The SMILES string of the molecule is O[C@@H]1C[C@H]2CN(Cc3ccsc3)[C@@H](Cc3ccccc3)CN2C1. The molecule has 2 aliphatic rings. The number of nitrogens with zero attached hydrogens (tertiary/aromatic N) is 2. The van der Waals surface area contributed by atoms with Crippen LogP contribution in [0.5, 0.6) is 0 Å². The van der Waals surface area contributed by atoms with Crippen LogP contribution < -0.4 is 0 Å². The summed E-state index contributed by atoms with van der Waals surface area (Å²) in [5, 5.41) is 14.4. The fourth-order valence-corrected chi connectivity index (χ4v) is 4.73. The molecule has 0 unspecified atom stereocenters. The summed E-state index contributed by atoms with van der Waals surface area (Å²) in [6.07, 6.45) is 1.88. The van der Waals surface area contributed by atoms with Crippen molar-refractivity contribution in [3.63, 3.8) is 0 Å². The van der Waals surface area contributed by atoms with Gasteiger partial charge in [-0.05, 0) is 40.8 Å². The van der Waals surface area contributed by atoms with Gasteiger partial charge in [-0.3, -0.25) is 9.80 Å². The van der Waals surface area contributed by atoms with E-state index in [9.17, 15) is 5.11 Å². The molecule has 2 fully saturated rings. The highest BCUT2D eigenvalue weighted by Gasteiger charge is 2.39. The van der Waals surface area contributed by atoms with Crippen LogP contribution in [0.2, 0.25) is 0 Å². The van der Waals surface area contributed by atoms with Gasteiger partial charge >= 0.3 is 0 Å². The lowest BCUT2D eigenvalue weighted by molar-refractivity contribution is 0.0446. The fraction of sp³-hybridized carbons (Fsp3) is 0.474. The van der Waals surface area contributed by atoms with Crippen LogP contribution in [0.4, 0.5) is 0 Å².